The Morgan fingerprint density at radius 2 is 2.03 bits per heavy atom. The van der Waals surface area contributed by atoms with Crippen LogP contribution in [0, 0.1) is 0 Å². The summed E-state index contributed by atoms with van der Waals surface area (Å²) < 4.78 is 10.5. The van der Waals surface area contributed by atoms with Crippen molar-refractivity contribution in [1.29, 1.82) is 0 Å². The zero-order valence-electron chi connectivity index (χ0n) is 16.8. The summed E-state index contributed by atoms with van der Waals surface area (Å²) in [6, 6.07) is 11.9. The Labute approximate surface area is 174 Å². The summed E-state index contributed by atoms with van der Waals surface area (Å²) in [5, 5.41) is 5.56. The maximum atomic E-state index is 12.6. The third-order valence-electron chi connectivity index (χ3n) is 5.37. The second-order valence-corrected chi connectivity index (χ2v) is 7.31. The Morgan fingerprint density at radius 1 is 1.23 bits per heavy atom. The molecule has 2 aliphatic rings. The molecule has 156 valence electrons. The largest absolute Gasteiger partial charge is 0.495 e. The van der Waals surface area contributed by atoms with Crippen molar-refractivity contribution in [3.05, 3.63) is 48.0 Å². The van der Waals surface area contributed by atoms with Gasteiger partial charge < -0.3 is 25.0 Å². The zero-order chi connectivity index (χ0) is 21.3. The molecule has 2 heterocycles. The smallest absolute Gasteiger partial charge is 0.338 e. The van der Waals surface area contributed by atoms with Gasteiger partial charge >= 0.3 is 5.97 Å². The van der Waals surface area contributed by atoms with E-state index in [-0.39, 0.29) is 17.5 Å². The van der Waals surface area contributed by atoms with Crippen LogP contribution in [0.25, 0.3) is 0 Å². The molecular weight excluding hydrogens is 386 g/mol. The SMILES string of the molecule is COc1ccccc1NC(=O)[C@@H](C)OC(=O)c1ccc2c(c1)NC(=O)[C@H]1CCCN21. The minimum Gasteiger partial charge on any atom is -0.495 e. The molecule has 2 aliphatic heterocycles. The van der Waals surface area contributed by atoms with Crippen LogP contribution in [0.15, 0.2) is 42.5 Å². The van der Waals surface area contributed by atoms with E-state index in [0.717, 1.165) is 25.1 Å². The number of nitrogens with zero attached hydrogens (tertiary/aromatic N) is 1. The van der Waals surface area contributed by atoms with Crippen LogP contribution >= 0.6 is 0 Å². The highest BCUT2D eigenvalue weighted by molar-refractivity contribution is 6.06. The molecule has 2 atom stereocenters. The van der Waals surface area contributed by atoms with Crippen molar-refractivity contribution in [2.75, 3.05) is 29.2 Å². The van der Waals surface area contributed by atoms with Crippen LogP contribution in [0.1, 0.15) is 30.1 Å². The van der Waals surface area contributed by atoms with Gasteiger partial charge in [-0.2, -0.15) is 0 Å². The lowest BCUT2D eigenvalue weighted by molar-refractivity contribution is -0.123. The van der Waals surface area contributed by atoms with Gasteiger partial charge in [-0.25, -0.2) is 4.79 Å². The maximum absolute atomic E-state index is 12.6. The molecular formula is C22H23N3O5. The van der Waals surface area contributed by atoms with Crippen molar-refractivity contribution in [3.8, 4) is 5.75 Å². The Morgan fingerprint density at radius 3 is 2.83 bits per heavy atom. The van der Waals surface area contributed by atoms with E-state index in [1.807, 2.05) is 6.07 Å². The van der Waals surface area contributed by atoms with Crippen LogP contribution in [0.5, 0.6) is 5.75 Å². The molecule has 0 radical (unpaired) electrons. The molecule has 2 aromatic carbocycles. The summed E-state index contributed by atoms with van der Waals surface area (Å²) in [4.78, 5) is 39.4. The molecule has 0 aliphatic carbocycles. The van der Waals surface area contributed by atoms with Gasteiger partial charge in [0.1, 0.15) is 11.8 Å². The first-order chi connectivity index (χ1) is 14.5. The Kier molecular flexibility index (Phi) is 5.31. The lowest BCUT2D eigenvalue weighted by atomic mass is 10.1. The van der Waals surface area contributed by atoms with Crippen molar-refractivity contribution < 1.29 is 23.9 Å². The van der Waals surface area contributed by atoms with Crippen molar-refractivity contribution in [1.82, 2.24) is 0 Å². The predicted molar refractivity (Wildman–Crippen MR) is 112 cm³/mol. The Bertz CT molecular complexity index is 1010. The molecule has 30 heavy (non-hydrogen) atoms. The topological polar surface area (TPSA) is 97.0 Å². The van der Waals surface area contributed by atoms with Gasteiger partial charge in [0.05, 0.1) is 29.7 Å². The summed E-state index contributed by atoms with van der Waals surface area (Å²) in [6.07, 6.45) is 0.768. The number of rotatable bonds is 5. The molecule has 1 fully saturated rings. The van der Waals surface area contributed by atoms with Crippen LogP contribution in [0.4, 0.5) is 17.1 Å². The van der Waals surface area contributed by atoms with E-state index in [0.29, 0.717) is 17.1 Å². The molecule has 4 rings (SSSR count). The molecule has 0 bridgehead atoms. The van der Waals surface area contributed by atoms with E-state index in [1.54, 1.807) is 36.4 Å². The molecule has 0 unspecified atom stereocenters. The van der Waals surface area contributed by atoms with Crippen molar-refractivity contribution in [3.63, 3.8) is 0 Å². The number of methoxy groups -OCH3 is 1. The average Bonchev–Trinajstić information content (AvgIpc) is 3.24. The van der Waals surface area contributed by atoms with Gasteiger partial charge in [-0.05, 0) is 50.1 Å². The number of amides is 2. The van der Waals surface area contributed by atoms with E-state index < -0.39 is 18.0 Å². The molecule has 2 N–H and O–H groups in total. The molecule has 8 nitrogen and oxygen atoms in total. The van der Waals surface area contributed by atoms with Gasteiger partial charge in [-0.3, -0.25) is 9.59 Å². The number of ether oxygens (including phenoxy) is 2. The minimum absolute atomic E-state index is 0.0601. The second kappa shape index (κ2) is 8.06. The van der Waals surface area contributed by atoms with E-state index in [2.05, 4.69) is 15.5 Å². The van der Waals surface area contributed by atoms with Crippen LogP contribution in [0.2, 0.25) is 0 Å². The fourth-order valence-corrected chi connectivity index (χ4v) is 3.82. The number of anilines is 3. The third kappa shape index (κ3) is 3.68. The molecule has 8 heteroatoms. The lowest BCUT2D eigenvalue weighted by Crippen LogP contribution is -2.43. The number of hydrogen-bond acceptors (Lipinski definition) is 6. The molecule has 0 spiro atoms. The van der Waals surface area contributed by atoms with Gasteiger partial charge in [0.2, 0.25) is 5.91 Å². The monoisotopic (exact) mass is 409 g/mol. The number of benzene rings is 2. The molecule has 0 saturated carbocycles. The minimum atomic E-state index is -1.02. The number of hydrogen-bond donors (Lipinski definition) is 2. The fraction of sp³-hybridized carbons (Fsp3) is 0.318. The predicted octanol–water partition coefficient (Wildman–Crippen LogP) is 2.80. The van der Waals surface area contributed by atoms with E-state index >= 15 is 0 Å². The highest BCUT2D eigenvalue weighted by Gasteiger charge is 2.36. The fourth-order valence-electron chi connectivity index (χ4n) is 3.82. The number of carbonyl (C=O) groups is 3. The van der Waals surface area contributed by atoms with Gasteiger partial charge in [0.25, 0.3) is 5.91 Å². The van der Waals surface area contributed by atoms with E-state index in [9.17, 15) is 14.4 Å². The Hall–Kier alpha value is -3.55. The quantitative estimate of drug-likeness (QED) is 0.737. The van der Waals surface area contributed by atoms with Gasteiger partial charge in [-0.1, -0.05) is 12.1 Å². The van der Waals surface area contributed by atoms with E-state index in [1.165, 1.54) is 14.0 Å². The summed E-state index contributed by atoms with van der Waals surface area (Å²) in [7, 11) is 1.51. The normalized spacial score (nSPS) is 18.0. The lowest BCUT2D eigenvalue weighted by Gasteiger charge is -2.33. The van der Waals surface area contributed by atoms with Crippen LogP contribution in [-0.2, 0) is 14.3 Å². The first-order valence-corrected chi connectivity index (χ1v) is 9.84. The van der Waals surface area contributed by atoms with Crippen molar-refractivity contribution in [2.45, 2.75) is 31.9 Å². The highest BCUT2D eigenvalue weighted by Crippen LogP contribution is 2.37. The van der Waals surface area contributed by atoms with Crippen LogP contribution in [0.3, 0.4) is 0 Å². The van der Waals surface area contributed by atoms with Crippen LogP contribution < -0.4 is 20.3 Å². The maximum Gasteiger partial charge on any atom is 0.338 e. The van der Waals surface area contributed by atoms with Gasteiger partial charge in [-0.15, -0.1) is 0 Å². The molecule has 2 aromatic rings. The molecule has 1 saturated heterocycles. The average molecular weight is 409 g/mol. The highest BCUT2D eigenvalue weighted by atomic mass is 16.5. The number of carbonyl (C=O) groups excluding carboxylic acids is 3. The zero-order valence-corrected chi connectivity index (χ0v) is 16.8. The molecule has 2 amide bonds. The summed E-state index contributed by atoms with van der Waals surface area (Å²) in [5.74, 6) is -0.664. The number of para-hydroxylation sites is 2. The number of fused-ring (bicyclic) bond motifs is 3. The number of esters is 1. The second-order valence-electron chi connectivity index (χ2n) is 7.31. The van der Waals surface area contributed by atoms with Crippen molar-refractivity contribution >= 4 is 34.8 Å². The molecule has 0 aromatic heterocycles. The first kappa shape index (κ1) is 19.8. The van der Waals surface area contributed by atoms with Gasteiger partial charge in [0.15, 0.2) is 6.10 Å². The first-order valence-electron chi connectivity index (χ1n) is 9.84. The summed E-state index contributed by atoms with van der Waals surface area (Å²) in [6.45, 7) is 2.31. The van der Waals surface area contributed by atoms with E-state index in [4.69, 9.17) is 9.47 Å². The van der Waals surface area contributed by atoms with Crippen LogP contribution in [-0.4, -0.2) is 43.6 Å². The third-order valence-corrected chi connectivity index (χ3v) is 5.37. The summed E-state index contributed by atoms with van der Waals surface area (Å²) >= 11 is 0. The summed E-state index contributed by atoms with van der Waals surface area (Å²) in [5.41, 5.74) is 2.24. The van der Waals surface area contributed by atoms with Gasteiger partial charge in [0, 0.05) is 6.54 Å². The number of nitrogens with one attached hydrogen (secondary N) is 2. The Balaban J connectivity index is 1.44. The standard InChI is InChI=1S/C22H23N3O5/c1-13(20(26)23-15-6-3-4-8-19(15)29-2)30-22(28)14-9-10-17-16(12-14)24-21(27)18-7-5-11-25(17)18/h3-4,6,8-10,12-13,18H,5,7,11H2,1-2H3,(H,23,26)(H,24,27)/t13-,18-/m1/s1. The van der Waals surface area contributed by atoms with Crippen molar-refractivity contribution in [2.24, 2.45) is 0 Å².